The van der Waals surface area contributed by atoms with E-state index in [1.807, 2.05) is 55.5 Å². The van der Waals surface area contributed by atoms with Gasteiger partial charge in [0.05, 0.1) is 19.4 Å². The molecule has 0 aliphatic carbocycles. The molecule has 0 bridgehead atoms. The van der Waals surface area contributed by atoms with E-state index in [0.29, 0.717) is 13.0 Å². The maximum Gasteiger partial charge on any atom is 0.318 e. The van der Waals surface area contributed by atoms with Crippen LogP contribution >= 0.6 is 0 Å². The predicted molar refractivity (Wildman–Crippen MR) is 96.5 cm³/mol. The second-order valence-electron chi connectivity index (χ2n) is 6.86. The van der Waals surface area contributed by atoms with Crippen LogP contribution in [0.1, 0.15) is 29.0 Å². The van der Waals surface area contributed by atoms with Crippen molar-refractivity contribution in [2.45, 2.75) is 32.1 Å². The number of rotatable bonds is 2. The fraction of sp³-hybridized carbons (Fsp3) is 0.333. The number of aryl methyl sites for hydroxylation is 1. The van der Waals surface area contributed by atoms with Crippen LogP contribution in [0, 0.1) is 12.8 Å². The molecule has 0 saturated carbocycles. The summed E-state index contributed by atoms with van der Waals surface area (Å²) in [6.45, 7) is 2.48. The highest BCUT2D eigenvalue weighted by atomic mass is 16.5. The molecule has 1 saturated heterocycles. The summed E-state index contributed by atoms with van der Waals surface area (Å²) in [6.07, 6.45) is 0.188. The Kier molecular flexibility index (Phi) is 4.24. The van der Waals surface area contributed by atoms with E-state index in [0.717, 1.165) is 22.4 Å². The fourth-order valence-electron chi connectivity index (χ4n) is 3.93. The number of fused-ring (bicyclic) bond motifs is 3. The molecule has 0 unspecified atom stereocenters. The number of para-hydroxylation sites is 1. The fourth-order valence-corrected chi connectivity index (χ4v) is 3.93. The Morgan fingerprint density at radius 1 is 1.15 bits per heavy atom. The summed E-state index contributed by atoms with van der Waals surface area (Å²) in [5.74, 6) is -1.89. The topological polar surface area (TPSA) is 55.8 Å². The number of methoxy groups -OCH3 is 1. The van der Waals surface area contributed by atoms with Crippen LogP contribution in [0.3, 0.4) is 0 Å². The zero-order valence-corrected chi connectivity index (χ0v) is 14.8. The van der Waals surface area contributed by atoms with Gasteiger partial charge in [-0.3, -0.25) is 14.5 Å². The molecule has 2 aromatic carbocycles. The SMILES string of the molecule is COC(=O)[C@H]1C(=O)N2c3ccccc3CO[C@H]2C[C@@H]1c1ccc(C)cc1. The number of benzene rings is 2. The van der Waals surface area contributed by atoms with Gasteiger partial charge in [-0.05, 0) is 18.6 Å². The lowest BCUT2D eigenvalue weighted by Crippen LogP contribution is -2.56. The second kappa shape index (κ2) is 6.57. The minimum atomic E-state index is -0.867. The largest absolute Gasteiger partial charge is 0.468 e. The van der Waals surface area contributed by atoms with Crippen molar-refractivity contribution in [1.82, 2.24) is 0 Å². The van der Waals surface area contributed by atoms with Crippen molar-refractivity contribution in [3.8, 4) is 0 Å². The molecule has 0 aromatic heterocycles. The van der Waals surface area contributed by atoms with Crippen LogP contribution in [0.5, 0.6) is 0 Å². The Labute approximate surface area is 152 Å². The highest BCUT2D eigenvalue weighted by Crippen LogP contribution is 2.43. The standard InChI is InChI=1S/C21H21NO4/c1-13-7-9-14(10-8-13)16-11-18-22(20(23)19(16)21(24)25-2)17-6-4-3-5-15(17)12-26-18/h3-10,16,18-19H,11-12H2,1-2H3/t16-,18+,19-/m1/s1. The van der Waals surface area contributed by atoms with E-state index < -0.39 is 11.9 Å². The van der Waals surface area contributed by atoms with Gasteiger partial charge in [-0.15, -0.1) is 0 Å². The van der Waals surface area contributed by atoms with Crippen LogP contribution in [0.2, 0.25) is 0 Å². The van der Waals surface area contributed by atoms with Crippen LogP contribution in [-0.2, 0) is 25.7 Å². The molecule has 5 heteroatoms. The molecule has 1 amide bonds. The average Bonchev–Trinajstić information content (AvgIpc) is 2.67. The first-order valence-corrected chi connectivity index (χ1v) is 8.77. The van der Waals surface area contributed by atoms with Gasteiger partial charge in [-0.1, -0.05) is 48.0 Å². The zero-order chi connectivity index (χ0) is 18.3. The quantitative estimate of drug-likeness (QED) is 0.616. The van der Waals surface area contributed by atoms with Gasteiger partial charge in [0.15, 0.2) is 0 Å². The summed E-state index contributed by atoms with van der Waals surface area (Å²) in [4.78, 5) is 27.5. The third-order valence-corrected chi connectivity index (χ3v) is 5.29. The molecule has 1 fully saturated rings. The third kappa shape index (κ3) is 2.69. The average molecular weight is 351 g/mol. The van der Waals surface area contributed by atoms with Crippen molar-refractivity contribution in [3.63, 3.8) is 0 Å². The molecular formula is C21H21NO4. The maximum atomic E-state index is 13.3. The lowest BCUT2D eigenvalue weighted by atomic mass is 9.78. The van der Waals surface area contributed by atoms with E-state index in [1.54, 1.807) is 4.90 Å². The molecule has 2 aromatic rings. The summed E-state index contributed by atoms with van der Waals surface area (Å²) < 4.78 is 10.9. The molecule has 26 heavy (non-hydrogen) atoms. The molecule has 2 heterocycles. The van der Waals surface area contributed by atoms with Gasteiger partial charge in [-0.2, -0.15) is 0 Å². The molecule has 0 spiro atoms. The van der Waals surface area contributed by atoms with E-state index in [4.69, 9.17) is 9.47 Å². The lowest BCUT2D eigenvalue weighted by molar-refractivity contribution is -0.154. The van der Waals surface area contributed by atoms with E-state index in [9.17, 15) is 9.59 Å². The molecule has 134 valence electrons. The Morgan fingerprint density at radius 3 is 2.62 bits per heavy atom. The first kappa shape index (κ1) is 16.8. The third-order valence-electron chi connectivity index (χ3n) is 5.29. The first-order valence-electron chi connectivity index (χ1n) is 8.77. The normalized spacial score (nSPS) is 24.6. The number of esters is 1. The van der Waals surface area contributed by atoms with Crippen LogP contribution < -0.4 is 4.90 Å². The van der Waals surface area contributed by atoms with E-state index in [1.165, 1.54) is 7.11 Å². The smallest absolute Gasteiger partial charge is 0.318 e. The molecule has 3 atom stereocenters. The van der Waals surface area contributed by atoms with Gasteiger partial charge in [-0.25, -0.2) is 0 Å². The summed E-state index contributed by atoms with van der Waals surface area (Å²) in [7, 11) is 1.33. The lowest BCUT2D eigenvalue weighted by Gasteiger charge is -2.45. The van der Waals surface area contributed by atoms with E-state index in [2.05, 4.69) is 0 Å². The van der Waals surface area contributed by atoms with Crippen molar-refractivity contribution >= 4 is 17.6 Å². The monoisotopic (exact) mass is 351 g/mol. The predicted octanol–water partition coefficient (Wildman–Crippen LogP) is 3.16. The Bertz CT molecular complexity index is 845. The van der Waals surface area contributed by atoms with Crippen molar-refractivity contribution in [2.24, 2.45) is 5.92 Å². The number of amides is 1. The number of hydrogen-bond donors (Lipinski definition) is 0. The molecule has 0 radical (unpaired) electrons. The number of piperidine rings is 1. The summed E-state index contributed by atoms with van der Waals surface area (Å²) >= 11 is 0. The van der Waals surface area contributed by atoms with Gasteiger partial charge in [0.1, 0.15) is 12.1 Å². The Balaban J connectivity index is 1.76. The van der Waals surface area contributed by atoms with Crippen molar-refractivity contribution in [2.75, 3.05) is 12.0 Å². The number of anilines is 1. The molecule has 2 aliphatic heterocycles. The molecule has 5 nitrogen and oxygen atoms in total. The van der Waals surface area contributed by atoms with Crippen molar-refractivity contribution < 1.29 is 19.1 Å². The number of carbonyl (C=O) groups is 2. The minimum absolute atomic E-state index is 0.258. The Morgan fingerprint density at radius 2 is 1.88 bits per heavy atom. The minimum Gasteiger partial charge on any atom is -0.468 e. The summed E-state index contributed by atoms with van der Waals surface area (Å²) in [6, 6.07) is 15.6. The summed E-state index contributed by atoms with van der Waals surface area (Å²) in [5, 5.41) is 0. The van der Waals surface area contributed by atoms with Crippen LogP contribution in [0.4, 0.5) is 5.69 Å². The van der Waals surface area contributed by atoms with Crippen molar-refractivity contribution in [3.05, 3.63) is 65.2 Å². The molecule has 0 N–H and O–H groups in total. The summed E-state index contributed by atoms with van der Waals surface area (Å²) in [5.41, 5.74) is 3.87. The van der Waals surface area contributed by atoms with Crippen LogP contribution in [0.25, 0.3) is 0 Å². The molecule has 2 aliphatic rings. The highest BCUT2D eigenvalue weighted by molar-refractivity contribution is 6.08. The van der Waals surface area contributed by atoms with Gasteiger partial charge in [0.25, 0.3) is 0 Å². The van der Waals surface area contributed by atoms with Gasteiger partial charge in [0.2, 0.25) is 5.91 Å². The van der Waals surface area contributed by atoms with E-state index >= 15 is 0 Å². The van der Waals surface area contributed by atoms with Crippen molar-refractivity contribution in [1.29, 1.82) is 0 Å². The number of carbonyl (C=O) groups excluding carboxylic acids is 2. The van der Waals surface area contributed by atoms with E-state index in [-0.39, 0.29) is 18.1 Å². The number of nitrogens with zero attached hydrogens (tertiary/aromatic N) is 1. The highest BCUT2D eigenvalue weighted by Gasteiger charge is 2.49. The second-order valence-corrected chi connectivity index (χ2v) is 6.86. The van der Waals surface area contributed by atoms with Crippen LogP contribution in [-0.4, -0.2) is 25.2 Å². The molecule has 4 rings (SSSR count). The van der Waals surface area contributed by atoms with Gasteiger partial charge >= 0.3 is 5.97 Å². The molecular weight excluding hydrogens is 330 g/mol. The Hall–Kier alpha value is -2.66. The number of ether oxygens (including phenoxy) is 2. The zero-order valence-electron chi connectivity index (χ0n) is 14.8. The van der Waals surface area contributed by atoms with Gasteiger partial charge < -0.3 is 9.47 Å². The van der Waals surface area contributed by atoms with Gasteiger partial charge in [0, 0.05) is 17.9 Å². The maximum absolute atomic E-state index is 13.3. The first-order chi connectivity index (χ1) is 12.6. The van der Waals surface area contributed by atoms with Crippen LogP contribution in [0.15, 0.2) is 48.5 Å². The number of hydrogen-bond acceptors (Lipinski definition) is 4.